The van der Waals surface area contributed by atoms with Crippen molar-refractivity contribution in [1.82, 2.24) is 19.7 Å². The summed E-state index contributed by atoms with van der Waals surface area (Å²) < 4.78 is 2.23. The highest BCUT2D eigenvalue weighted by Gasteiger charge is 2.30. The van der Waals surface area contributed by atoms with E-state index in [0.29, 0.717) is 17.7 Å². The van der Waals surface area contributed by atoms with Crippen molar-refractivity contribution in [1.29, 1.82) is 0 Å². The largest absolute Gasteiger partial charge is 0.362 e. The first kappa shape index (κ1) is 15.3. The first-order valence-corrected chi connectivity index (χ1v) is 8.73. The number of carbonyl (C=O) groups is 1. The van der Waals surface area contributed by atoms with Crippen LogP contribution in [0.5, 0.6) is 0 Å². The predicted molar refractivity (Wildman–Crippen MR) is 87.7 cm³/mol. The minimum absolute atomic E-state index is 0.142. The maximum absolute atomic E-state index is 12.4. The van der Waals surface area contributed by atoms with Crippen LogP contribution in [0.25, 0.3) is 0 Å². The van der Waals surface area contributed by atoms with Gasteiger partial charge in [0.1, 0.15) is 5.82 Å². The highest BCUT2D eigenvalue weighted by atomic mass is 32.2. The van der Waals surface area contributed by atoms with Crippen LogP contribution in [0.4, 0.5) is 0 Å². The Labute approximate surface area is 134 Å². The number of aromatic nitrogens is 4. The van der Waals surface area contributed by atoms with E-state index in [1.54, 1.807) is 0 Å². The highest BCUT2D eigenvalue weighted by Crippen LogP contribution is 2.40. The van der Waals surface area contributed by atoms with Gasteiger partial charge in [0.15, 0.2) is 10.9 Å². The quantitative estimate of drug-likeness (QED) is 0.652. The van der Waals surface area contributed by atoms with Crippen LogP contribution in [0.2, 0.25) is 0 Å². The second-order valence-corrected chi connectivity index (χ2v) is 7.24. The Morgan fingerprint density at radius 2 is 2.14 bits per heavy atom. The maximum atomic E-state index is 12.4. The number of H-pyrrole nitrogens is 1. The van der Waals surface area contributed by atoms with Crippen LogP contribution in [-0.4, -0.2) is 31.3 Å². The lowest BCUT2D eigenvalue weighted by Gasteiger charge is -2.10. The van der Waals surface area contributed by atoms with Gasteiger partial charge < -0.3 is 9.55 Å². The standard InChI is InChI=1S/C16H22N4OS/c1-9(2)15-18-19-16(20(15)12-5-6-12)22-8-14(21)13-7-10(3)17-11(13)4/h7,9,12,17H,5-6,8H2,1-4H3. The van der Waals surface area contributed by atoms with Crippen LogP contribution in [0, 0.1) is 13.8 Å². The summed E-state index contributed by atoms with van der Waals surface area (Å²) in [5.41, 5.74) is 2.75. The summed E-state index contributed by atoms with van der Waals surface area (Å²) in [7, 11) is 0. The van der Waals surface area contributed by atoms with Crippen molar-refractivity contribution >= 4 is 17.5 Å². The molecule has 1 aliphatic rings. The van der Waals surface area contributed by atoms with E-state index in [1.165, 1.54) is 24.6 Å². The summed E-state index contributed by atoms with van der Waals surface area (Å²) in [6, 6.07) is 2.45. The van der Waals surface area contributed by atoms with Gasteiger partial charge in [0.05, 0.1) is 5.75 Å². The number of nitrogens with one attached hydrogen (secondary N) is 1. The Morgan fingerprint density at radius 1 is 1.41 bits per heavy atom. The Hall–Kier alpha value is -1.56. The average molecular weight is 318 g/mol. The van der Waals surface area contributed by atoms with Gasteiger partial charge >= 0.3 is 0 Å². The number of ketones is 1. The zero-order valence-corrected chi connectivity index (χ0v) is 14.3. The Balaban J connectivity index is 1.74. The van der Waals surface area contributed by atoms with E-state index in [4.69, 9.17) is 0 Å². The molecule has 0 spiro atoms. The molecule has 0 unspecified atom stereocenters. The number of aryl methyl sites for hydroxylation is 2. The lowest BCUT2D eigenvalue weighted by atomic mass is 10.2. The molecule has 5 nitrogen and oxygen atoms in total. The molecule has 3 rings (SSSR count). The number of hydrogen-bond acceptors (Lipinski definition) is 4. The molecule has 0 amide bonds. The molecule has 6 heteroatoms. The molecule has 2 aromatic heterocycles. The molecule has 0 aliphatic heterocycles. The lowest BCUT2D eigenvalue weighted by molar-refractivity contribution is 0.102. The third-order valence-corrected chi connectivity index (χ3v) is 4.84. The number of aromatic amines is 1. The van der Waals surface area contributed by atoms with E-state index >= 15 is 0 Å². The Bertz CT molecular complexity index is 697. The predicted octanol–water partition coefficient (Wildman–Crippen LogP) is 3.66. The number of Topliss-reactive ketones (excluding diaryl/α,β-unsaturated/α-hetero) is 1. The van der Waals surface area contributed by atoms with Crippen molar-refractivity contribution in [2.24, 2.45) is 0 Å². The van der Waals surface area contributed by atoms with E-state index in [9.17, 15) is 4.79 Å². The third-order valence-electron chi connectivity index (χ3n) is 3.90. The monoisotopic (exact) mass is 318 g/mol. The molecule has 0 radical (unpaired) electrons. The molecule has 0 atom stereocenters. The van der Waals surface area contributed by atoms with Gasteiger partial charge in [0, 0.05) is 28.9 Å². The summed E-state index contributed by atoms with van der Waals surface area (Å²) in [4.78, 5) is 15.6. The lowest BCUT2D eigenvalue weighted by Crippen LogP contribution is -2.07. The molecular formula is C16H22N4OS. The van der Waals surface area contributed by atoms with Gasteiger partial charge in [-0.25, -0.2) is 0 Å². The van der Waals surface area contributed by atoms with E-state index in [-0.39, 0.29) is 5.78 Å². The molecule has 0 bridgehead atoms. The van der Waals surface area contributed by atoms with Crippen molar-refractivity contribution in [3.8, 4) is 0 Å². The van der Waals surface area contributed by atoms with Crippen LogP contribution in [0.3, 0.4) is 0 Å². The van der Waals surface area contributed by atoms with Crippen LogP contribution < -0.4 is 0 Å². The molecule has 2 aromatic rings. The van der Waals surface area contributed by atoms with Gasteiger partial charge in [-0.15, -0.1) is 10.2 Å². The fourth-order valence-corrected chi connectivity index (χ4v) is 3.57. The molecule has 2 heterocycles. The van der Waals surface area contributed by atoms with Gasteiger partial charge in [-0.05, 0) is 32.8 Å². The average Bonchev–Trinajstić information content (AvgIpc) is 3.11. The topological polar surface area (TPSA) is 63.6 Å². The number of nitrogens with zero attached hydrogens (tertiary/aromatic N) is 3. The van der Waals surface area contributed by atoms with E-state index < -0.39 is 0 Å². The fraction of sp³-hybridized carbons (Fsp3) is 0.562. The molecule has 1 fully saturated rings. The second-order valence-electron chi connectivity index (χ2n) is 6.30. The normalized spacial score (nSPS) is 14.8. The van der Waals surface area contributed by atoms with Gasteiger partial charge in [0.25, 0.3) is 0 Å². The van der Waals surface area contributed by atoms with E-state index in [0.717, 1.165) is 27.9 Å². The number of thioether (sulfide) groups is 1. The van der Waals surface area contributed by atoms with E-state index in [1.807, 2.05) is 19.9 Å². The zero-order valence-electron chi connectivity index (χ0n) is 13.5. The molecule has 0 aromatic carbocycles. The van der Waals surface area contributed by atoms with Gasteiger partial charge in [0.2, 0.25) is 0 Å². The van der Waals surface area contributed by atoms with Crippen molar-refractivity contribution < 1.29 is 4.79 Å². The minimum atomic E-state index is 0.142. The maximum Gasteiger partial charge on any atom is 0.191 e. The van der Waals surface area contributed by atoms with Gasteiger partial charge in [-0.1, -0.05) is 25.6 Å². The SMILES string of the molecule is Cc1cc(C(=O)CSc2nnc(C(C)C)n2C2CC2)c(C)[nH]1. The van der Waals surface area contributed by atoms with Crippen molar-refractivity contribution in [2.45, 2.75) is 57.7 Å². The first-order chi connectivity index (χ1) is 10.5. The Kier molecular flexibility index (Phi) is 4.12. The number of hydrogen-bond donors (Lipinski definition) is 1. The van der Waals surface area contributed by atoms with Crippen molar-refractivity contribution in [2.75, 3.05) is 5.75 Å². The number of carbonyl (C=O) groups excluding carboxylic acids is 1. The molecule has 1 N–H and O–H groups in total. The van der Waals surface area contributed by atoms with Gasteiger partial charge in [-0.3, -0.25) is 4.79 Å². The molecule has 0 saturated heterocycles. The van der Waals surface area contributed by atoms with Crippen LogP contribution in [0.1, 0.15) is 66.2 Å². The molecule has 1 aliphatic carbocycles. The van der Waals surface area contributed by atoms with Crippen LogP contribution >= 0.6 is 11.8 Å². The smallest absolute Gasteiger partial charge is 0.191 e. The fourth-order valence-electron chi connectivity index (χ4n) is 2.68. The van der Waals surface area contributed by atoms with Gasteiger partial charge in [-0.2, -0.15) is 0 Å². The van der Waals surface area contributed by atoms with E-state index in [2.05, 4.69) is 33.6 Å². The second kappa shape index (κ2) is 5.91. The molecule has 1 saturated carbocycles. The number of rotatable bonds is 6. The Morgan fingerprint density at radius 3 is 2.68 bits per heavy atom. The zero-order chi connectivity index (χ0) is 15.9. The highest BCUT2D eigenvalue weighted by molar-refractivity contribution is 7.99. The molecule has 22 heavy (non-hydrogen) atoms. The molecular weight excluding hydrogens is 296 g/mol. The third kappa shape index (κ3) is 2.97. The summed E-state index contributed by atoms with van der Waals surface area (Å²) in [5, 5.41) is 9.51. The van der Waals surface area contributed by atoms with Crippen LogP contribution in [0.15, 0.2) is 11.2 Å². The van der Waals surface area contributed by atoms with Crippen LogP contribution in [-0.2, 0) is 0 Å². The first-order valence-electron chi connectivity index (χ1n) is 7.74. The van der Waals surface area contributed by atoms with Crippen molar-refractivity contribution in [3.05, 3.63) is 28.8 Å². The van der Waals surface area contributed by atoms with Crippen molar-refractivity contribution in [3.63, 3.8) is 0 Å². The molecule has 118 valence electrons. The summed E-state index contributed by atoms with van der Waals surface area (Å²) >= 11 is 1.50. The summed E-state index contributed by atoms with van der Waals surface area (Å²) in [6.07, 6.45) is 2.38. The summed E-state index contributed by atoms with van der Waals surface area (Å²) in [5.74, 6) is 1.93. The summed E-state index contributed by atoms with van der Waals surface area (Å²) in [6.45, 7) is 8.17. The minimum Gasteiger partial charge on any atom is -0.362 e.